The first-order valence-electron chi connectivity index (χ1n) is 6.21. The van der Waals surface area contributed by atoms with Crippen molar-refractivity contribution in [3.63, 3.8) is 0 Å². The van der Waals surface area contributed by atoms with Crippen molar-refractivity contribution in [2.75, 3.05) is 0 Å². The zero-order valence-corrected chi connectivity index (χ0v) is 9.54. The van der Waals surface area contributed by atoms with E-state index in [1.807, 2.05) is 0 Å². The average Bonchev–Trinajstić information content (AvgIpc) is 2.94. The Hall–Kier alpha value is -0.570. The lowest BCUT2D eigenvalue weighted by Gasteiger charge is -2.17. The molecule has 1 unspecified atom stereocenters. The maximum atomic E-state index is 11.7. The Morgan fingerprint density at radius 1 is 1.40 bits per heavy atom. The van der Waals surface area contributed by atoms with Crippen LogP contribution in [0.15, 0.2) is 0 Å². The molecule has 3 N–H and O–H groups in total. The summed E-state index contributed by atoms with van der Waals surface area (Å²) < 4.78 is 0. The molecule has 0 aliphatic heterocycles. The Kier molecular flexibility index (Phi) is 3.29. The highest BCUT2D eigenvalue weighted by Crippen LogP contribution is 2.32. The first-order valence-corrected chi connectivity index (χ1v) is 6.21. The number of amides is 1. The van der Waals surface area contributed by atoms with Gasteiger partial charge in [0.15, 0.2) is 0 Å². The maximum Gasteiger partial charge on any atom is 0.220 e. The van der Waals surface area contributed by atoms with E-state index < -0.39 is 0 Å². The minimum absolute atomic E-state index is 0.205. The van der Waals surface area contributed by atoms with Gasteiger partial charge in [0.05, 0.1) is 0 Å². The lowest BCUT2D eigenvalue weighted by Crippen LogP contribution is -2.37. The van der Waals surface area contributed by atoms with Gasteiger partial charge in [-0.15, -0.1) is 0 Å². The summed E-state index contributed by atoms with van der Waals surface area (Å²) in [7, 11) is 0. The quantitative estimate of drug-likeness (QED) is 0.737. The first-order chi connectivity index (χ1) is 7.16. The molecule has 0 bridgehead atoms. The van der Waals surface area contributed by atoms with Crippen LogP contribution < -0.4 is 11.1 Å². The van der Waals surface area contributed by atoms with Crippen LogP contribution in [-0.2, 0) is 4.79 Å². The largest absolute Gasteiger partial charge is 0.353 e. The molecule has 2 aliphatic carbocycles. The summed E-state index contributed by atoms with van der Waals surface area (Å²) >= 11 is 0. The first kappa shape index (κ1) is 10.9. The summed E-state index contributed by atoms with van der Waals surface area (Å²) in [4.78, 5) is 11.7. The zero-order chi connectivity index (χ0) is 10.8. The van der Waals surface area contributed by atoms with Gasteiger partial charge >= 0.3 is 0 Å². The van der Waals surface area contributed by atoms with E-state index in [4.69, 9.17) is 5.73 Å². The molecule has 0 saturated heterocycles. The lowest BCUT2D eigenvalue weighted by atomic mass is 9.99. The summed E-state index contributed by atoms with van der Waals surface area (Å²) in [6.07, 6.45) is 6.62. The number of rotatable bonds is 4. The summed E-state index contributed by atoms with van der Waals surface area (Å²) in [6, 6.07) is 0.627. The molecule has 0 radical (unpaired) electrons. The summed E-state index contributed by atoms with van der Waals surface area (Å²) in [5, 5.41) is 3.09. The van der Waals surface area contributed by atoms with Gasteiger partial charge in [-0.3, -0.25) is 4.79 Å². The molecular formula is C12H22N2O. The Morgan fingerprint density at radius 2 is 2.13 bits per heavy atom. The van der Waals surface area contributed by atoms with E-state index in [-0.39, 0.29) is 11.9 Å². The number of hydrogen-bond acceptors (Lipinski definition) is 2. The predicted molar refractivity (Wildman–Crippen MR) is 60.3 cm³/mol. The highest BCUT2D eigenvalue weighted by molar-refractivity contribution is 5.76. The van der Waals surface area contributed by atoms with Crippen LogP contribution in [-0.4, -0.2) is 18.0 Å². The number of carbonyl (C=O) groups is 1. The van der Waals surface area contributed by atoms with Gasteiger partial charge in [-0.25, -0.2) is 0 Å². The normalized spacial score (nSPS) is 32.7. The standard InChI is InChI=1S/C12H22N2O/c1-8(9-5-6-9)14-12(15)7-10-3-2-4-11(10)13/h8-11H,2-7,13H2,1H3,(H,14,15)/t8?,10-,11+/m0/s1. The molecule has 15 heavy (non-hydrogen) atoms. The molecule has 0 aromatic carbocycles. The van der Waals surface area contributed by atoms with Crippen LogP contribution in [0.2, 0.25) is 0 Å². The van der Waals surface area contributed by atoms with E-state index in [1.165, 1.54) is 19.3 Å². The monoisotopic (exact) mass is 210 g/mol. The maximum absolute atomic E-state index is 11.7. The van der Waals surface area contributed by atoms with Gasteiger partial charge in [0.2, 0.25) is 5.91 Å². The molecule has 2 fully saturated rings. The summed E-state index contributed by atoms with van der Waals surface area (Å²) in [6.45, 7) is 2.12. The smallest absolute Gasteiger partial charge is 0.220 e. The van der Waals surface area contributed by atoms with Crippen molar-refractivity contribution in [3.05, 3.63) is 0 Å². The molecule has 0 spiro atoms. The van der Waals surface area contributed by atoms with Gasteiger partial charge in [0.25, 0.3) is 0 Å². The molecule has 0 aromatic rings. The van der Waals surface area contributed by atoms with Crippen LogP contribution in [0.1, 0.15) is 45.4 Å². The van der Waals surface area contributed by atoms with E-state index in [0.29, 0.717) is 18.4 Å². The molecule has 1 amide bonds. The highest BCUT2D eigenvalue weighted by Gasteiger charge is 2.30. The third-order valence-corrected chi connectivity index (χ3v) is 3.88. The fourth-order valence-electron chi connectivity index (χ4n) is 2.58. The lowest BCUT2D eigenvalue weighted by molar-refractivity contribution is -0.122. The Labute approximate surface area is 91.8 Å². The van der Waals surface area contributed by atoms with Crippen molar-refractivity contribution in [2.24, 2.45) is 17.6 Å². The van der Waals surface area contributed by atoms with Gasteiger partial charge < -0.3 is 11.1 Å². The van der Waals surface area contributed by atoms with Crippen molar-refractivity contribution in [2.45, 2.75) is 57.5 Å². The summed E-state index contributed by atoms with van der Waals surface area (Å²) in [5.74, 6) is 1.37. The molecule has 2 aliphatic rings. The topological polar surface area (TPSA) is 55.1 Å². The molecule has 2 saturated carbocycles. The predicted octanol–water partition coefficient (Wildman–Crippen LogP) is 1.42. The number of hydrogen-bond donors (Lipinski definition) is 2. The van der Waals surface area contributed by atoms with E-state index >= 15 is 0 Å². The van der Waals surface area contributed by atoms with Gasteiger partial charge in [-0.1, -0.05) is 6.42 Å². The second kappa shape index (κ2) is 4.52. The second-order valence-corrected chi connectivity index (χ2v) is 5.25. The summed E-state index contributed by atoms with van der Waals surface area (Å²) in [5.41, 5.74) is 5.95. The van der Waals surface area contributed by atoms with Gasteiger partial charge in [-0.2, -0.15) is 0 Å². The molecule has 3 atom stereocenters. The number of nitrogens with two attached hydrogens (primary N) is 1. The van der Waals surface area contributed by atoms with E-state index in [1.54, 1.807) is 0 Å². The van der Waals surface area contributed by atoms with Crippen molar-refractivity contribution in [1.29, 1.82) is 0 Å². The fourth-order valence-corrected chi connectivity index (χ4v) is 2.58. The van der Waals surface area contributed by atoms with Crippen LogP contribution in [0.5, 0.6) is 0 Å². The van der Waals surface area contributed by atoms with Gasteiger partial charge in [0, 0.05) is 18.5 Å². The van der Waals surface area contributed by atoms with Crippen molar-refractivity contribution < 1.29 is 4.79 Å². The number of carbonyl (C=O) groups excluding carboxylic acids is 1. The number of nitrogens with one attached hydrogen (secondary N) is 1. The highest BCUT2D eigenvalue weighted by atomic mass is 16.1. The minimum atomic E-state index is 0.205. The third-order valence-electron chi connectivity index (χ3n) is 3.88. The van der Waals surface area contributed by atoms with Crippen LogP contribution in [0.25, 0.3) is 0 Å². The molecular weight excluding hydrogens is 188 g/mol. The average molecular weight is 210 g/mol. The molecule has 0 heterocycles. The van der Waals surface area contributed by atoms with Crippen LogP contribution in [0.3, 0.4) is 0 Å². The van der Waals surface area contributed by atoms with Crippen LogP contribution >= 0.6 is 0 Å². The van der Waals surface area contributed by atoms with Gasteiger partial charge in [-0.05, 0) is 44.4 Å². The molecule has 3 nitrogen and oxygen atoms in total. The minimum Gasteiger partial charge on any atom is -0.353 e. The van der Waals surface area contributed by atoms with Crippen LogP contribution in [0.4, 0.5) is 0 Å². The van der Waals surface area contributed by atoms with E-state index in [0.717, 1.165) is 18.8 Å². The van der Waals surface area contributed by atoms with E-state index in [9.17, 15) is 4.79 Å². The van der Waals surface area contributed by atoms with E-state index in [2.05, 4.69) is 12.2 Å². The third kappa shape index (κ3) is 2.94. The fraction of sp³-hybridized carbons (Fsp3) is 0.917. The second-order valence-electron chi connectivity index (χ2n) is 5.25. The SMILES string of the molecule is CC(NC(=O)C[C@@H]1CCC[C@H]1N)C1CC1. The van der Waals surface area contributed by atoms with Crippen LogP contribution in [0, 0.1) is 11.8 Å². The molecule has 86 valence electrons. The van der Waals surface area contributed by atoms with Crippen molar-refractivity contribution >= 4 is 5.91 Å². The Morgan fingerprint density at radius 3 is 2.67 bits per heavy atom. The van der Waals surface area contributed by atoms with Crippen molar-refractivity contribution in [1.82, 2.24) is 5.32 Å². The molecule has 0 aromatic heterocycles. The Bertz CT molecular complexity index is 238. The van der Waals surface area contributed by atoms with Crippen molar-refractivity contribution in [3.8, 4) is 0 Å². The molecule has 3 heteroatoms. The zero-order valence-electron chi connectivity index (χ0n) is 9.54. The molecule has 2 rings (SSSR count). The Balaban J connectivity index is 1.71. The van der Waals surface area contributed by atoms with Gasteiger partial charge in [0.1, 0.15) is 0 Å².